The molecule has 4 nitrogen and oxygen atoms in total. The molecule has 0 bridgehead atoms. The zero-order valence-corrected chi connectivity index (χ0v) is 11.0. The van der Waals surface area contributed by atoms with Gasteiger partial charge in [-0.15, -0.1) is 0 Å². The molecular formula is C11H16BrN3O. The van der Waals surface area contributed by atoms with Crippen molar-refractivity contribution in [2.24, 2.45) is 10.9 Å². The van der Waals surface area contributed by atoms with Crippen LogP contribution < -0.4 is 11.1 Å². The predicted molar refractivity (Wildman–Crippen MR) is 70.0 cm³/mol. The maximum Gasteiger partial charge on any atom is 0.141 e. The van der Waals surface area contributed by atoms with E-state index in [1.807, 2.05) is 32.0 Å². The highest BCUT2D eigenvalue weighted by Crippen LogP contribution is 2.20. The minimum absolute atomic E-state index is 0.115. The number of nitrogens with two attached hydrogens (primary N) is 1. The van der Waals surface area contributed by atoms with E-state index in [0.29, 0.717) is 6.42 Å². The van der Waals surface area contributed by atoms with E-state index in [0.717, 1.165) is 10.2 Å². The van der Waals surface area contributed by atoms with Crippen LogP contribution in [0.4, 0.5) is 5.69 Å². The van der Waals surface area contributed by atoms with Crippen LogP contribution >= 0.6 is 15.9 Å². The van der Waals surface area contributed by atoms with E-state index >= 15 is 0 Å². The van der Waals surface area contributed by atoms with Crippen LogP contribution in [0.3, 0.4) is 0 Å². The van der Waals surface area contributed by atoms with Crippen molar-refractivity contribution < 1.29 is 5.21 Å². The van der Waals surface area contributed by atoms with Crippen molar-refractivity contribution in [1.29, 1.82) is 0 Å². The minimum Gasteiger partial charge on any atom is -0.409 e. The molecule has 0 radical (unpaired) electrons. The average molecular weight is 286 g/mol. The Balaban J connectivity index is 2.65. The molecule has 0 fully saturated rings. The molecule has 0 heterocycles. The second-order valence-corrected chi connectivity index (χ2v) is 4.77. The van der Waals surface area contributed by atoms with Crippen LogP contribution in [-0.4, -0.2) is 17.1 Å². The second-order valence-electron chi connectivity index (χ2n) is 3.86. The van der Waals surface area contributed by atoms with E-state index in [1.54, 1.807) is 0 Å². The number of anilines is 1. The minimum atomic E-state index is 0.115. The van der Waals surface area contributed by atoms with Crippen molar-refractivity contribution >= 4 is 27.5 Å². The van der Waals surface area contributed by atoms with Crippen LogP contribution in [0.25, 0.3) is 0 Å². The summed E-state index contributed by atoms with van der Waals surface area (Å²) in [5.41, 5.74) is 7.63. The molecular weight excluding hydrogens is 270 g/mol. The molecule has 88 valence electrons. The Labute approximate surface area is 104 Å². The van der Waals surface area contributed by atoms with Crippen molar-refractivity contribution in [3.63, 3.8) is 0 Å². The molecule has 0 amide bonds. The summed E-state index contributed by atoms with van der Waals surface area (Å²) in [5, 5.41) is 14.7. The fourth-order valence-electron chi connectivity index (χ4n) is 1.51. The Morgan fingerprint density at radius 1 is 1.56 bits per heavy atom. The number of nitrogens with zero attached hydrogens (tertiary/aromatic N) is 1. The first-order valence-electron chi connectivity index (χ1n) is 5.01. The number of hydrogen-bond donors (Lipinski definition) is 3. The maximum atomic E-state index is 8.47. The number of nitrogens with one attached hydrogen (secondary N) is 1. The molecule has 0 aromatic heterocycles. The van der Waals surface area contributed by atoms with E-state index in [2.05, 4.69) is 26.4 Å². The van der Waals surface area contributed by atoms with Gasteiger partial charge in [-0.25, -0.2) is 0 Å². The number of oxime groups is 1. The fourth-order valence-corrected chi connectivity index (χ4v) is 2.12. The summed E-state index contributed by atoms with van der Waals surface area (Å²) in [7, 11) is 0. The van der Waals surface area contributed by atoms with E-state index in [-0.39, 0.29) is 11.9 Å². The summed E-state index contributed by atoms with van der Waals surface area (Å²) in [6.45, 7) is 4.01. The molecule has 0 aliphatic heterocycles. The third-order valence-electron chi connectivity index (χ3n) is 2.10. The average Bonchev–Trinajstić information content (AvgIpc) is 2.15. The number of halogens is 1. The Morgan fingerprint density at radius 2 is 2.25 bits per heavy atom. The third-order valence-corrected chi connectivity index (χ3v) is 2.56. The van der Waals surface area contributed by atoms with Crippen molar-refractivity contribution in [1.82, 2.24) is 0 Å². The van der Waals surface area contributed by atoms with Gasteiger partial charge >= 0.3 is 0 Å². The van der Waals surface area contributed by atoms with E-state index in [1.165, 1.54) is 5.56 Å². The zero-order valence-electron chi connectivity index (χ0n) is 9.37. The Morgan fingerprint density at radius 3 is 2.81 bits per heavy atom. The summed E-state index contributed by atoms with van der Waals surface area (Å²) in [4.78, 5) is 0. The molecule has 0 aliphatic rings. The van der Waals surface area contributed by atoms with Gasteiger partial charge in [0.25, 0.3) is 0 Å². The summed E-state index contributed by atoms with van der Waals surface area (Å²) < 4.78 is 1.03. The van der Waals surface area contributed by atoms with Crippen LogP contribution in [0.2, 0.25) is 0 Å². The van der Waals surface area contributed by atoms with Gasteiger partial charge in [0, 0.05) is 22.6 Å². The molecule has 0 saturated heterocycles. The number of benzene rings is 1. The fraction of sp³-hybridized carbons (Fsp3) is 0.364. The number of aryl methyl sites for hydroxylation is 1. The monoisotopic (exact) mass is 285 g/mol. The predicted octanol–water partition coefficient (Wildman–Crippen LogP) is 2.69. The molecule has 1 rings (SSSR count). The van der Waals surface area contributed by atoms with Gasteiger partial charge < -0.3 is 16.3 Å². The smallest absolute Gasteiger partial charge is 0.141 e. The van der Waals surface area contributed by atoms with E-state index in [9.17, 15) is 0 Å². The molecule has 1 atom stereocenters. The highest BCUT2D eigenvalue weighted by Gasteiger charge is 2.05. The van der Waals surface area contributed by atoms with Crippen LogP contribution in [0.5, 0.6) is 0 Å². The van der Waals surface area contributed by atoms with Gasteiger partial charge in [-0.1, -0.05) is 21.1 Å². The third kappa shape index (κ3) is 4.10. The molecule has 5 heteroatoms. The van der Waals surface area contributed by atoms with Crippen LogP contribution in [-0.2, 0) is 0 Å². The molecule has 0 aliphatic carbocycles. The van der Waals surface area contributed by atoms with Crippen LogP contribution in [0.15, 0.2) is 27.8 Å². The lowest BCUT2D eigenvalue weighted by molar-refractivity contribution is 0.316. The van der Waals surface area contributed by atoms with Crippen molar-refractivity contribution in [3.05, 3.63) is 28.2 Å². The van der Waals surface area contributed by atoms with Gasteiger partial charge in [-0.3, -0.25) is 0 Å². The Hall–Kier alpha value is -1.23. The van der Waals surface area contributed by atoms with Gasteiger partial charge in [0.2, 0.25) is 0 Å². The van der Waals surface area contributed by atoms with Gasteiger partial charge in [0.15, 0.2) is 0 Å². The standard InChI is InChI=1S/C11H16BrN3O/c1-7-3-9(12)6-10(4-7)14-8(2)5-11(13)15-16/h3-4,6,8,14,16H,5H2,1-2H3,(H2,13,15). The quantitative estimate of drug-likeness (QED) is 0.345. The second kappa shape index (κ2) is 5.75. The zero-order chi connectivity index (χ0) is 12.1. The Bertz CT molecular complexity index is 373. The summed E-state index contributed by atoms with van der Waals surface area (Å²) in [6.07, 6.45) is 0.502. The van der Waals surface area contributed by atoms with Gasteiger partial charge in [-0.05, 0) is 37.6 Å². The number of hydrogen-bond acceptors (Lipinski definition) is 3. The van der Waals surface area contributed by atoms with Crippen LogP contribution in [0, 0.1) is 6.92 Å². The van der Waals surface area contributed by atoms with Crippen molar-refractivity contribution in [2.45, 2.75) is 26.3 Å². The normalized spacial score (nSPS) is 13.6. The van der Waals surface area contributed by atoms with Gasteiger partial charge in [0.05, 0.1) is 0 Å². The number of rotatable bonds is 4. The molecule has 0 saturated carbocycles. The lowest BCUT2D eigenvalue weighted by Gasteiger charge is -2.15. The maximum absolute atomic E-state index is 8.47. The highest BCUT2D eigenvalue weighted by atomic mass is 79.9. The molecule has 1 unspecified atom stereocenters. The molecule has 4 N–H and O–H groups in total. The highest BCUT2D eigenvalue weighted by molar-refractivity contribution is 9.10. The van der Waals surface area contributed by atoms with Crippen molar-refractivity contribution in [3.8, 4) is 0 Å². The summed E-state index contributed by atoms with van der Waals surface area (Å²) in [6, 6.07) is 6.20. The van der Waals surface area contributed by atoms with Crippen LogP contribution in [0.1, 0.15) is 18.9 Å². The Kier molecular flexibility index (Phi) is 4.61. The van der Waals surface area contributed by atoms with Gasteiger partial charge in [-0.2, -0.15) is 0 Å². The number of amidine groups is 1. The van der Waals surface area contributed by atoms with Crippen molar-refractivity contribution in [2.75, 3.05) is 5.32 Å². The largest absolute Gasteiger partial charge is 0.409 e. The SMILES string of the molecule is Cc1cc(Br)cc(NC(C)C/C(N)=N/O)c1. The molecule has 1 aromatic carbocycles. The molecule has 16 heavy (non-hydrogen) atoms. The van der Waals surface area contributed by atoms with Gasteiger partial charge in [0.1, 0.15) is 5.84 Å². The summed E-state index contributed by atoms with van der Waals surface area (Å²) >= 11 is 3.44. The first kappa shape index (κ1) is 12.8. The first-order valence-corrected chi connectivity index (χ1v) is 5.80. The van der Waals surface area contributed by atoms with E-state index in [4.69, 9.17) is 10.9 Å². The van der Waals surface area contributed by atoms with E-state index < -0.39 is 0 Å². The molecule has 1 aromatic rings. The lowest BCUT2D eigenvalue weighted by Crippen LogP contribution is -2.24. The topological polar surface area (TPSA) is 70.6 Å². The molecule has 0 spiro atoms. The first-order chi connectivity index (χ1) is 7.51. The summed E-state index contributed by atoms with van der Waals surface area (Å²) in [5.74, 6) is 0.228. The lowest BCUT2D eigenvalue weighted by atomic mass is 10.2.